The maximum atomic E-state index is 13.6. The van der Waals surface area contributed by atoms with Crippen LogP contribution >= 0.6 is 0 Å². The molecule has 5 heteroatoms. The Morgan fingerprint density at radius 1 is 1.12 bits per heavy atom. The summed E-state index contributed by atoms with van der Waals surface area (Å²) >= 11 is 0. The molecule has 0 saturated heterocycles. The van der Waals surface area contributed by atoms with E-state index in [-0.39, 0.29) is 5.82 Å². The molecule has 2 rings (SSSR count). The van der Waals surface area contributed by atoms with Crippen LogP contribution in [0.2, 0.25) is 0 Å². The molecule has 0 aliphatic heterocycles. The van der Waals surface area contributed by atoms with Gasteiger partial charge in [0, 0.05) is 13.1 Å². The number of nitriles is 1. The number of rotatable bonds is 5. The van der Waals surface area contributed by atoms with Crippen molar-refractivity contribution in [1.29, 1.82) is 5.26 Å². The van der Waals surface area contributed by atoms with Crippen molar-refractivity contribution in [3.63, 3.8) is 0 Å². The van der Waals surface area contributed by atoms with Crippen LogP contribution in [-0.4, -0.2) is 12.5 Å². The number of nitrogens with zero attached hydrogens (tertiary/aromatic N) is 2. The molecule has 0 heterocycles. The third-order valence-electron chi connectivity index (χ3n) is 3.54. The number of aryl methyl sites for hydroxylation is 1. The minimum atomic E-state index is -0.210. The van der Waals surface area contributed by atoms with Gasteiger partial charge in [0.05, 0.1) is 18.2 Å². The second-order valence-electron chi connectivity index (χ2n) is 5.44. The lowest BCUT2D eigenvalue weighted by molar-refractivity contribution is 0.616. The summed E-state index contributed by atoms with van der Waals surface area (Å²) in [5.41, 5.74) is 3.16. The van der Waals surface area contributed by atoms with Gasteiger partial charge in [-0.15, -0.1) is 0 Å². The van der Waals surface area contributed by atoms with Gasteiger partial charge in [0.15, 0.2) is 5.96 Å². The number of guanidine groups is 1. The normalized spacial score (nSPS) is 11.0. The van der Waals surface area contributed by atoms with Crippen molar-refractivity contribution in [3.8, 4) is 6.07 Å². The van der Waals surface area contributed by atoms with Crippen molar-refractivity contribution >= 4 is 5.96 Å². The molecule has 2 aromatic rings. The number of hydrogen-bond donors (Lipinski definition) is 2. The van der Waals surface area contributed by atoms with Crippen LogP contribution in [-0.2, 0) is 13.1 Å². The van der Waals surface area contributed by atoms with Gasteiger partial charge in [0.2, 0.25) is 0 Å². The zero-order valence-corrected chi connectivity index (χ0v) is 13.9. The van der Waals surface area contributed by atoms with Gasteiger partial charge in [-0.1, -0.05) is 24.3 Å². The van der Waals surface area contributed by atoms with Crippen LogP contribution in [0.25, 0.3) is 0 Å². The summed E-state index contributed by atoms with van der Waals surface area (Å²) in [6, 6.07) is 14.6. The van der Waals surface area contributed by atoms with Crippen LogP contribution in [0.15, 0.2) is 47.5 Å². The number of benzene rings is 2. The number of aliphatic imine (C=N–C) groups is 1. The van der Waals surface area contributed by atoms with E-state index in [4.69, 9.17) is 5.26 Å². The molecule has 0 bridgehead atoms. The lowest BCUT2D eigenvalue weighted by atomic mass is 10.1. The van der Waals surface area contributed by atoms with Crippen LogP contribution in [0.1, 0.15) is 29.2 Å². The Labute approximate surface area is 142 Å². The third kappa shape index (κ3) is 5.10. The van der Waals surface area contributed by atoms with Crippen molar-refractivity contribution in [2.75, 3.05) is 6.54 Å². The van der Waals surface area contributed by atoms with E-state index >= 15 is 0 Å². The van der Waals surface area contributed by atoms with Gasteiger partial charge in [-0.2, -0.15) is 5.26 Å². The second-order valence-corrected chi connectivity index (χ2v) is 5.44. The zero-order chi connectivity index (χ0) is 17.4. The first-order valence-corrected chi connectivity index (χ1v) is 7.88. The Bertz CT molecular complexity index is 745. The summed E-state index contributed by atoms with van der Waals surface area (Å²) < 4.78 is 13.6. The van der Waals surface area contributed by atoms with Crippen LogP contribution in [0.4, 0.5) is 4.39 Å². The van der Waals surface area contributed by atoms with Crippen LogP contribution in [0.3, 0.4) is 0 Å². The molecule has 2 aromatic carbocycles. The van der Waals surface area contributed by atoms with E-state index < -0.39 is 0 Å². The summed E-state index contributed by atoms with van der Waals surface area (Å²) in [7, 11) is 0. The Balaban J connectivity index is 1.99. The highest BCUT2D eigenvalue weighted by Crippen LogP contribution is 2.10. The Hall–Kier alpha value is -2.87. The molecule has 2 N–H and O–H groups in total. The van der Waals surface area contributed by atoms with Gasteiger partial charge in [-0.3, -0.25) is 0 Å². The summed E-state index contributed by atoms with van der Waals surface area (Å²) in [6.45, 7) is 5.47. The number of halogens is 1. The molecule has 0 fully saturated rings. The monoisotopic (exact) mass is 324 g/mol. The van der Waals surface area contributed by atoms with Gasteiger partial charge in [-0.05, 0) is 48.7 Å². The quantitative estimate of drug-likeness (QED) is 0.655. The van der Waals surface area contributed by atoms with E-state index in [1.54, 1.807) is 25.1 Å². The molecule has 0 spiro atoms. The highest BCUT2D eigenvalue weighted by molar-refractivity contribution is 5.79. The van der Waals surface area contributed by atoms with Crippen molar-refractivity contribution in [1.82, 2.24) is 10.6 Å². The van der Waals surface area contributed by atoms with Crippen molar-refractivity contribution in [2.45, 2.75) is 26.9 Å². The maximum absolute atomic E-state index is 13.6. The molecule has 0 radical (unpaired) electrons. The first-order chi connectivity index (χ1) is 11.6. The smallest absolute Gasteiger partial charge is 0.191 e. The fourth-order valence-electron chi connectivity index (χ4n) is 2.13. The lowest BCUT2D eigenvalue weighted by Crippen LogP contribution is -2.36. The molecule has 4 nitrogen and oxygen atoms in total. The van der Waals surface area contributed by atoms with E-state index in [9.17, 15) is 4.39 Å². The van der Waals surface area contributed by atoms with E-state index in [2.05, 4.69) is 21.7 Å². The van der Waals surface area contributed by atoms with Gasteiger partial charge in [-0.25, -0.2) is 9.38 Å². The molecule has 0 unspecified atom stereocenters. The molecule has 0 aromatic heterocycles. The number of nitrogens with one attached hydrogen (secondary N) is 2. The molecule has 0 aliphatic carbocycles. The number of hydrogen-bond acceptors (Lipinski definition) is 2. The molecule has 0 amide bonds. The molecule has 0 aliphatic rings. The van der Waals surface area contributed by atoms with Gasteiger partial charge in [0.25, 0.3) is 0 Å². The van der Waals surface area contributed by atoms with E-state index in [0.29, 0.717) is 30.2 Å². The largest absolute Gasteiger partial charge is 0.357 e. The standard InChI is InChI=1S/C19H21FN4/c1-3-22-19(23-12-16-8-6-15(11-21)7-9-16)24-13-17-5-4-14(2)18(20)10-17/h4-10H,3,12-13H2,1-2H3,(H2,22,23,24). The van der Waals surface area contributed by atoms with Crippen LogP contribution in [0, 0.1) is 24.1 Å². The summed E-state index contributed by atoms with van der Waals surface area (Å²) in [6.07, 6.45) is 0. The molecular weight excluding hydrogens is 303 g/mol. The zero-order valence-electron chi connectivity index (χ0n) is 13.9. The summed E-state index contributed by atoms with van der Waals surface area (Å²) in [5.74, 6) is 0.459. The predicted octanol–water partition coefficient (Wildman–Crippen LogP) is 3.26. The highest BCUT2D eigenvalue weighted by Gasteiger charge is 2.01. The SMILES string of the molecule is CCNC(=NCc1ccc(C)c(F)c1)NCc1ccc(C#N)cc1. The van der Waals surface area contributed by atoms with E-state index in [0.717, 1.165) is 17.7 Å². The van der Waals surface area contributed by atoms with Gasteiger partial charge in [0.1, 0.15) is 5.82 Å². The maximum Gasteiger partial charge on any atom is 0.191 e. The third-order valence-corrected chi connectivity index (χ3v) is 3.54. The average Bonchev–Trinajstić information content (AvgIpc) is 2.60. The molecular formula is C19H21FN4. The summed E-state index contributed by atoms with van der Waals surface area (Å²) in [5, 5.41) is 15.2. The topological polar surface area (TPSA) is 60.2 Å². The molecule has 124 valence electrons. The Morgan fingerprint density at radius 3 is 2.46 bits per heavy atom. The fourth-order valence-corrected chi connectivity index (χ4v) is 2.13. The lowest BCUT2D eigenvalue weighted by Gasteiger charge is -2.11. The highest BCUT2D eigenvalue weighted by atomic mass is 19.1. The minimum Gasteiger partial charge on any atom is -0.357 e. The Morgan fingerprint density at radius 2 is 1.83 bits per heavy atom. The van der Waals surface area contributed by atoms with E-state index in [1.165, 1.54) is 6.07 Å². The van der Waals surface area contributed by atoms with Crippen molar-refractivity contribution in [3.05, 3.63) is 70.5 Å². The summed E-state index contributed by atoms with van der Waals surface area (Å²) in [4.78, 5) is 4.48. The second kappa shape index (κ2) is 8.68. The Kier molecular flexibility index (Phi) is 6.32. The van der Waals surface area contributed by atoms with Crippen molar-refractivity contribution in [2.24, 2.45) is 4.99 Å². The van der Waals surface area contributed by atoms with Crippen LogP contribution in [0.5, 0.6) is 0 Å². The fraction of sp³-hybridized carbons (Fsp3) is 0.263. The molecule has 0 saturated carbocycles. The van der Waals surface area contributed by atoms with E-state index in [1.807, 2.05) is 25.1 Å². The van der Waals surface area contributed by atoms with Crippen molar-refractivity contribution < 1.29 is 4.39 Å². The molecule has 24 heavy (non-hydrogen) atoms. The van der Waals surface area contributed by atoms with Gasteiger partial charge < -0.3 is 10.6 Å². The average molecular weight is 324 g/mol. The first kappa shape index (κ1) is 17.5. The minimum absolute atomic E-state index is 0.210. The first-order valence-electron chi connectivity index (χ1n) is 7.88. The van der Waals surface area contributed by atoms with Crippen LogP contribution < -0.4 is 10.6 Å². The van der Waals surface area contributed by atoms with Gasteiger partial charge >= 0.3 is 0 Å². The molecule has 0 atom stereocenters. The predicted molar refractivity (Wildman–Crippen MR) is 93.9 cm³/mol.